The molecule has 0 aliphatic rings. The molecule has 0 spiro atoms. The molecule has 0 radical (unpaired) electrons. The molecule has 2 heterocycles. The lowest BCUT2D eigenvalue weighted by molar-refractivity contribution is 1.18. The molecule has 0 atom stereocenters. The average molecular weight is 793 g/mol. The number of aromatic nitrogens is 2. The molecule has 0 aliphatic heterocycles. The Hall–Kier alpha value is -8.34. The van der Waals surface area contributed by atoms with Gasteiger partial charge < -0.3 is 18.9 Å². The maximum atomic E-state index is 2.41. The van der Waals surface area contributed by atoms with Crippen LogP contribution in [0.1, 0.15) is 0 Å². The molecule has 0 saturated carbocycles. The molecule has 0 saturated heterocycles. The van der Waals surface area contributed by atoms with Crippen molar-refractivity contribution in [3.8, 4) is 11.4 Å². The highest BCUT2D eigenvalue weighted by Gasteiger charge is 2.23. The van der Waals surface area contributed by atoms with Gasteiger partial charge in [-0.3, -0.25) is 0 Å². The first-order valence-electron chi connectivity index (χ1n) is 21.2. The summed E-state index contributed by atoms with van der Waals surface area (Å²) in [5.41, 5.74) is 13.6. The summed E-state index contributed by atoms with van der Waals surface area (Å²) < 4.78 is 4.75. The molecule has 0 N–H and O–H groups in total. The number of hydrogen-bond donors (Lipinski definition) is 0. The normalized spacial score (nSPS) is 11.5. The fourth-order valence-corrected chi connectivity index (χ4v) is 9.58. The zero-order valence-electron chi connectivity index (χ0n) is 33.9. The molecule has 62 heavy (non-hydrogen) atoms. The topological polar surface area (TPSA) is 16.3 Å². The molecule has 4 nitrogen and oxygen atoms in total. The van der Waals surface area contributed by atoms with Crippen LogP contribution < -0.4 is 9.80 Å². The Balaban J connectivity index is 1.06. The van der Waals surface area contributed by atoms with Gasteiger partial charge in [0, 0.05) is 66.4 Å². The first-order chi connectivity index (χ1) is 30.8. The standard InChI is InChI=1S/C58H40N4/c1-5-19-41(20-6-1)59(45-33-35-57-51(39-45)49-29-15-17-31-53(49)61(57)43-23-9-3-10-24-43)55-37-38-56(48-28-14-13-27-47(48)55)60(42-21-7-2-8-22-42)46-34-36-58-52(40-46)50-30-16-18-32-54(50)62(58)44-25-11-4-12-26-44/h1-40H. The minimum atomic E-state index is 1.09. The predicted octanol–water partition coefficient (Wildman–Crippen LogP) is 16.0. The first kappa shape index (κ1) is 35.6. The summed E-state index contributed by atoms with van der Waals surface area (Å²) in [7, 11) is 0. The second-order valence-electron chi connectivity index (χ2n) is 15.8. The minimum Gasteiger partial charge on any atom is -0.310 e. The first-order valence-corrected chi connectivity index (χ1v) is 21.2. The summed E-state index contributed by atoms with van der Waals surface area (Å²) in [6, 6.07) is 87.6. The van der Waals surface area contributed by atoms with E-state index in [0.29, 0.717) is 0 Å². The van der Waals surface area contributed by atoms with E-state index in [1.165, 1.54) is 43.6 Å². The Morgan fingerprint density at radius 2 is 0.548 bits per heavy atom. The van der Waals surface area contributed by atoms with Crippen LogP contribution in [0.3, 0.4) is 0 Å². The summed E-state index contributed by atoms with van der Waals surface area (Å²) in [5, 5.41) is 7.19. The lowest BCUT2D eigenvalue weighted by Crippen LogP contribution is -2.13. The van der Waals surface area contributed by atoms with Crippen LogP contribution in [0.2, 0.25) is 0 Å². The highest BCUT2D eigenvalue weighted by molar-refractivity contribution is 6.14. The van der Waals surface area contributed by atoms with Crippen molar-refractivity contribution in [1.29, 1.82) is 0 Å². The zero-order chi connectivity index (χ0) is 41.0. The van der Waals surface area contributed by atoms with E-state index in [0.717, 1.165) is 56.3 Å². The van der Waals surface area contributed by atoms with Crippen LogP contribution in [0.4, 0.5) is 34.1 Å². The van der Waals surface area contributed by atoms with Crippen molar-refractivity contribution in [3.05, 3.63) is 243 Å². The van der Waals surface area contributed by atoms with Gasteiger partial charge in [-0.2, -0.15) is 0 Å². The van der Waals surface area contributed by atoms with Crippen molar-refractivity contribution < 1.29 is 0 Å². The summed E-state index contributed by atoms with van der Waals surface area (Å²) in [4.78, 5) is 4.83. The van der Waals surface area contributed by atoms with Gasteiger partial charge in [0.15, 0.2) is 0 Å². The third-order valence-corrected chi connectivity index (χ3v) is 12.2. The number of anilines is 6. The molecular weight excluding hydrogens is 753 g/mol. The molecule has 0 unspecified atom stereocenters. The summed E-state index contributed by atoms with van der Waals surface area (Å²) in [6.07, 6.45) is 0. The molecule has 12 rings (SSSR count). The number of rotatable bonds is 8. The smallest absolute Gasteiger partial charge is 0.0542 e. The molecule has 2 aromatic heterocycles. The predicted molar refractivity (Wildman–Crippen MR) is 262 cm³/mol. The van der Waals surface area contributed by atoms with Gasteiger partial charge in [-0.15, -0.1) is 0 Å². The van der Waals surface area contributed by atoms with Crippen molar-refractivity contribution in [2.75, 3.05) is 9.80 Å². The molecule has 12 aromatic rings. The lowest BCUT2D eigenvalue weighted by Gasteiger charge is -2.30. The van der Waals surface area contributed by atoms with E-state index < -0.39 is 0 Å². The van der Waals surface area contributed by atoms with E-state index in [4.69, 9.17) is 0 Å². The van der Waals surface area contributed by atoms with E-state index in [1.807, 2.05) is 0 Å². The highest BCUT2D eigenvalue weighted by Crippen LogP contribution is 2.47. The van der Waals surface area contributed by atoms with Crippen molar-refractivity contribution in [2.45, 2.75) is 0 Å². The van der Waals surface area contributed by atoms with Crippen LogP contribution in [0.25, 0.3) is 65.8 Å². The van der Waals surface area contributed by atoms with Gasteiger partial charge in [0.25, 0.3) is 0 Å². The van der Waals surface area contributed by atoms with Crippen LogP contribution in [0, 0.1) is 0 Å². The van der Waals surface area contributed by atoms with E-state index in [-0.39, 0.29) is 0 Å². The molecule has 0 amide bonds. The second-order valence-corrected chi connectivity index (χ2v) is 15.8. The average Bonchev–Trinajstić information content (AvgIpc) is 3.86. The van der Waals surface area contributed by atoms with Crippen LogP contribution in [0.15, 0.2) is 243 Å². The fourth-order valence-electron chi connectivity index (χ4n) is 9.58. The number of benzene rings is 10. The Kier molecular flexibility index (Phi) is 8.46. The fraction of sp³-hybridized carbons (Fsp3) is 0. The number of hydrogen-bond acceptors (Lipinski definition) is 2. The molecule has 4 heteroatoms. The van der Waals surface area contributed by atoms with Gasteiger partial charge in [0.1, 0.15) is 0 Å². The summed E-state index contributed by atoms with van der Waals surface area (Å²) in [5.74, 6) is 0. The van der Waals surface area contributed by atoms with Crippen LogP contribution in [0.5, 0.6) is 0 Å². The van der Waals surface area contributed by atoms with E-state index in [1.54, 1.807) is 0 Å². The van der Waals surface area contributed by atoms with Crippen LogP contribution >= 0.6 is 0 Å². The highest BCUT2D eigenvalue weighted by atomic mass is 15.2. The number of nitrogens with zero attached hydrogens (tertiary/aromatic N) is 4. The summed E-state index contributed by atoms with van der Waals surface area (Å²) >= 11 is 0. The largest absolute Gasteiger partial charge is 0.310 e. The quantitative estimate of drug-likeness (QED) is 0.152. The molecule has 0 aliphatic carbocycles. The van der Waals surface area contributed by atoms with E-state index >= 15 is 0 Å². The molecule has 292 valence electrons. The third-order valence-electron chi connectivity index (χ3n) is 12.2. The van der Waals surface area contributed by atoms with Gasteiger partial charge in [-0.05, 0) is 109 Å². The van der Waals surface area contributed by atoms with Crippen molar-refractivity contribution >= 4 is 88.5 Å². The number of fused-ring (bicyclic) bond motifs is 7. The third kappa shape index (κ3) is 5.76. The zero-order valence-corrected chi connectivity index (χ0v) is 33.9. The SMILES string of the molecule is c1ccc(N(c2ccc3c(c2)c2ccccc2n3-c2ccccc2)c2ccc(N(c3ccccc3)c3ccc4c(c3)c3ccccc3n4-c3ccccc3)c3ccccc23)cc1. The molecule has 10 aromatic carbocycles. The maximum Gasteiger partial charge on any atom is 0.0542 e. The summed E-state index contributed by atoms with van der Waals surface area (Å²) in [6.45, 7) is 0. The molecule has 0 bridgehead atoms. The van der Waals surface area contributed by atoms with Gasteiger partial charge >= 0.3 is 0 Å². The van der Waals surface area contributed by atoms with Crippen LogP contribution in [-0.4, -0.2) is 9.13 Å². The van der Waals surface area contributed by atoms with E-state index in [9.17, 15) is 0 Å². The molecular formula is C58H40N4. The van der Waals surface area contributed by atoms with Crippen molar-refractivity contribution in [2.24, 2.45) is 0 Å². The maximum absolute atomic E-state index is 2.41. The van der Waals surface area contributed by atoms with E-state index in [2.05, 4.69) is 262 Å². The van der Waals surface area contributed by atoms with Crippen LogP contribution in [-0.2, 0) is 0 Å². The van der Waals surface area contributed by atoms with Gasteiger partial charge in [0.2, 0.25) is 0 Å². The minimum absolute atomic E-state index is 1.09. The molecule has 0 fully saturated rings. The number of para-hydroxylation sites is 6. The Labute approximate surface area is 360 Å². The van der Waals surface area contributed by atoms with Gasteiger partial charge in [0.05, 0.1) is 33.4 Å². The van der Waals surface area contributed by atoms with Crippen molar-refractivity contribution in [3.63, 3.8) is 0 Å². The van der Waals surface area contributed by atoms with Gasteiger partial charge in [-0.1, -0.05) is 133 Å². The van der Waals surface area contributed by atoms with Gasteiger partial charge in [-0.25, -0.2) is 0 Å². The monoisotopic (exact) mass is 792 g/mol. The van der Waals surface area contributed by atoms with Crippen molar-refractivity contribution in [1.82, 2.24) is 9.13 Å². The Morgan fingerprint density at radius 3 is 0.952 bits per heavy atom. The lowest BCUT2D eigenvalue weighted by atomic mass is 10.0. The Morgan fingerprint density at radius 1 is 0.226 bits per heavy atom. The Bertz CT molecular complexity index is 3330. The second kappa shape index (κ2) is 14.7.